The van der Waals surface area contributed by atoms with E-state index in [2.05, 4.69) is 113 Å². The van der Waals surface area contributed by atoms with Crippen LogP contribution in [0.2, 0.25) is 17.3 Å². The maximum Gasteiger partial charge on any atom is 0 e. The van der Waals surface area contributed by atoms with E-state index in [1.54, 1.807) is 0 Å². The molecule has 271 valence electrons. The SMILES string of the molecule is CCC(CC)c1ccc2c(n1)oc1c[c-]c(-c3nc4cc(C)ncc4n3-c3ccccc3)cc12.CCc1cc(-c2[c-]cccc2)nc[c]1[Ge]([CH3])([CH3])[CH3].[Ir]. The van der Waals surface area contributed by atoms with Crippen LogP contribution in [0.25, 0.3) is 61.4 Å². The number of pyridine rings is 3. The van der Waals surface area contributed by atoms with E-state index in [0.717, 1.165) is 86.4 Å². The van der Waals surface area contributed by atoms with Crippen molar-refractivity contribution in [2.75, 3.05) is 0 Å². The second-order valence-corrected chi connectivity index (χ2v) is 24.9. The predicted octanol–water partition coefficient (Wildman–Crippen LogP) is 11.0. The molecule has 8 heteroatoms. The Labute approximate surface area is 328 Å². The first kappa shape index (κ1) is 38.3. The van der Waals surface area contributed by atoms with E-state index >= 15 is 0 Å². The number of aryl methyl sites for hydroxylation is 2. The van der Waals surface area contributed by atoms with E-state index < -0.39 is 13.3 Å². The summed E-state index contributed by atoms with van der Waals surface area (Å²) in [6.45, 7) is 8.62. The Kier molecular flexibility index (Phi) is 11.8. The molecule has 0 atom stereocenters. The first-order valence-corrected chi connectivity index (χ1v) is 25.6. The van der Waals surface area contributed by atoms with Crippen LogP contribution in [-0.4, -0.2) is 37.8 Å². The summed E-state index contributed by atoms with van der Waals surface area (Å²) in [6.07, 6.45) is 7.22. The molecule has 1 radical (unpaired) electrons. The minimum absolute atomic E-state index is 0. The van der Waals surface area contributed by atoms with Crippen molar-refractivity contribution in [3.63, 3.8) is 0 Å². The molecule has 0 aliphatic rings. The largest absolute Gasteiger partial charge is 0 e. The second-order valence-electron chi connectivity index (χ2n) is 14.4. The zero-order valence-corrected chi connectivity index (χ0v) is 36.0. The van der Waals surface area contributed by atoms with Crippen LogP contribution in [0.4, 0.5) is 0 Å². The van der Waals surface area contributed by atoms with Crippen molar-refractivity contribution in [2.24, 2.45) is 0 Å². The van der Waals surface area contributed by atoms with E-state index in [0.29, 0.717) is 11.6 Å². The zero-order valence-electron chi connectivity index (χ0n) is 31.5. The Morgan fingerprint density at radius 2 is 1.57 bits per heavy atom. The molecule has 0 amide bonds. The summed E-state index contributed by atoms with van der Waals surface area (Å²) < 4.78 is 9.80. The summed E-state index contributed by atoms with van der Waals surface area (Å²) in [5.41, 5.74) is 10.9. The maximum absolute atomic E-state index is 6.13. The quantitative estimate of drug-likeness (QED) is 0.112. The molecule has 53 heavy (non-hydrogen) atoms. The monoisotopic (exact) mass is 938 g/mol. The third-order valence-electron chi connectivity index (χ3n) is 9.79. The van der Waals surface area contributed by atoms with Gasteiger partial charge in [0, 0.05) is 48.5 Å². The molecule has 8 aromatic rings. The van der Waals surface area contributed by atoms with Crippen LogP contribution >= 0.6 is 0 Å². The van der Waals surface area contributed by atoms with Gasteiger partial charge in [0.1, 0.15) is 0 Å². The summed E-state index contributed by atoms with van der Waals surface area (Å²) in [5.74, 6) is 8.54. The molecule has 0 saturated heterocycles. The van der Waals surface area contributed by atoms with Crippen LogP contribution in [0.5, 0.6) is 0 Å². The molecule has 0 aliphatic carbocycles. The molecule has 6 nitrogen and oxygen atoms in total. The molecule has 5 heterocycles. The van der Waals surface area contributed by atoms with Gasteiger partial charge in [-0.25, -0.2) is 4.98 Å². The predicted molar refractivity (Wildman–Crippen MR) is 217 cm³/mol. The van der Waals surface area contributed by atoms with Gasteiger partial charge in [-0.2, -0.15) is 0 Å². The third-order valence-corrected chi connectivity index (χ3v) is 14.1. The van der Waals surface area contributed by atoms with E-state index in [1.165, 1.54) is 9.96 Å². The summed E-state index contributed by atoms with van der Waals surface area (Å²) in [6, 6.07) is 37.5. The minimum atomic E-state index is -1.80. The topological polar surface area (TPSA) is 69.6 Å². The van der Waals surface area contributed by atoms with Crippen LogP contribution < -0.4 is 4.40 Å². The van der Waals surface area contributed by atoms with Crippen molar-refractivity contribution in [1.82, 2.24) is 24.5 Å². The molecule has 0 spiro atoms. The fourth-order valence-corrected chi connectivity index (χ4v) is 10.4. The van der Waals surface area contributed by atoms with Gasteiger partial charge in [0.25, 0.3) is 0 Å². The van der Waals surface area contributed by atoms with Gasteiger partial charge >= 0.3 is 113 Å². The average molecular weight is 937 g/mol. The standard InChI is InChI=1S/C29H25N4O.C16H20GeN.Ir/c1-4-19(5-2)24-13-12-22-23-16-20(11-14-27(23)34-29(22)32-24)28-31-25-15-18(3)30-17-26(25)33(28)21-9-7-6-8-10-21;1-5-13-11-16(14-9-7-6-8-10-14)18-12-15(13)17(2,3)4;/h6-10,12-17,19H,4-5H2,1-3H3;6-9,11-12H,5H2,1-4H3;/q2*-1;. The number of furan rings is 1. The van der Waals surface area contributed by atoms with Crippen molar-refractivity contribution in [1.29, 1.82) is 0 Å². The molecular weight excluding hydrogens is 891 g/mol. The fraction of sp³-hybridized carbons (Fsp3) is 0.244. The minimum Gasteiger partial charge on any atom is 0 e. The molecule has 0 fully saturated rings. The average Bonchev–Trinajstić information content (AvgIpc) is 3.73. The Bertz CT molecular complexity index is 2480. The molecule has 0 aliphatic heterocycles. The van der Waals surface area contributed by atoms with Crippen molar-refractivity contribution in [2.45, 2.75) is 70.1 Å². The van der Waals surface area contributed by atoms with E-state index in [1.807, 2.05) is 61.7 Å². The van der Waals surface area contributed by atoms with E-state index in [-0.39, 0.29) is 20.1 Å². The number of hydrogen-bond acceptors (Lipinski definition) is 5. The Morgan fingerprint density at radius 3 is 2.26 bits per heavy atom. The van der Waals surface area contributed by atoms with Crippen LogP contribution in [0, 0.1) is 19.1 Å². The van der Waals surface area contributed by atoms with Crippen molar-refractivity contribution in [3.05, 3.63) is 132 Å². The van der Waals surface area contributed by atoms with Gasteiger partial charge in [-0.1, -0.05) is 37.4 Å². The smallest absolute Gasteiger partial charge is 0 e. The van der Waals surface area contributed by atoms with Gasteiger partial charge in [-0.15, -0.1) is 23.8 Å². The van der Waals surface area contributed by atoms with Crippen LogP contribution in [0.3, 0.4) is 0 Å². The maximum atomic E-state index is 6.13. The number of imidazole rings is 1. The number of benzene rings is 3. The molecule has 0 bridgehead atoms. The number of para-hydroxylation sites is 1. The molecule has 8 rings (SSSR count). The van der Waals surface area contributed by atoms with E-state index in [9.17, 15) is 0 Å². The number of hydrogen-bond donors (Lipinski definition) is 0. The number of rotatable bonds is 8. The van der Waals surface area contributed by atoms with Crippen molar-refractivity contribution in [3.8, 4) is 28.3 Å². The first-order valence-electron chi connectivity index (χ1n) is 18.3. The zero-order chi connectivity index (χ0) is 36.4. The molecule has 0 unspecified atom stereocenters. The van der Waals surface area contributed by atoms with Gasteiger partial charge in [-0.3, -0.25) is 9.97 Å². The third kappa shape index (κ3) is 7.94. The Balaban J connectivity index is 0.000000215. The summed E-state index contributed by atoms with van der Waals surface area (Å²) >= 11 is -1.80. The number of nitrogens with zero attached hydrogens (tertiary/aromatic N) is 5. The molecule has 0 N–H and O–H groups in total. The summed E-state index contributed by atoms with van der Waals surface area (Å²) in [4.78, 5) is 19.0. The number of aromatic nitrogens is 5. The van der Waals surface area contributed by atoms with Gasteiger partial charge in [0.05, 0.1) is 28.6 Å². The Hall–Kier alpha value is -4.43. The summed E-state index contributed by atoms with van der Waals surface area (Å²) in [7, 11) is 0. The first-order chi connectivity index (χ1) is 25.2. The fourth-order valence-electron chi connectivity index (χ4n) is 6.94. The van der Waals surface area contributed by atoms with E-state index in [4.69, 9.17) is 14.4 Å². The van der Waals surface area contributed by atoms with Gasteiger partial charge in [0.15, 0.2) is 0 Å². The normalized spacial score (nSPS) is 11.5. The summed E-state index contributed by atoms with van der Waals surface area (Å²) in [5, 5.41) is 2.04. The molecule has 0 saturated carbocycles. The molecule has 5 aromatic heterocycles. The van der Waals surface area contributed by atoms with Crippen LogP contribution in [-0.2, 0) is 26.5 Å². The van der Waals surface area contributed by atoms with Crippen LogP contribution in [0.1, 0.15) is 56.5 Å². The van der Waals surface area contributed by atoms with Gasteiger partial charge in [-0.05, 0) is 50.1 Å². The van der Waals surface area contributed by atoms with Crippen molar-refractivity contribution >= 4 is 50.8 Å². The molecular formula is C45H45GeIrN5O-2. The van der Waals surface area contributed by atoms with Crippen molar-refractivity contribution < 1.29 is 24.5 Å². The molecule has 3 aromatic carbocycles. The number of fused-ring (bicyclic) bond motifs is 4. The van der Waals surface area contributed by atoms with Crippen LogP contribution in [0.15, 0.2) is 108 Å². The second kappa shape index (κ2) is 16.3. The van der Waals surface area contributed by atoms with Gasteiger partial charge < -0.3 is 8.98 Å². The van der Waals surface area contributed by atoms with Gasteiger partial charge in [0.2, 0.25) is 5.71 Å². The Morgan fingerprint density at radius 1 is 0.792 bits per heavy atom.